The maximum Gasteiger partial charge on any atom is 0.248 e. The van der Waals surface area contributed by atoms with Crippen LogP contribution in [0.25, 0.3) is 10.9 Å². The van der Waals surface area contributed by atoms with Gasteiger partial charge in [0.1, 0.15) is 11.9 Å². The van der Waals surface area contributed by atoms with Crippen LogP contribution in [0.3, 0.4) is 0 Å². The van der Waals surface area contributed by atoms with E-state index in [1.165, 1.54) is 12.3 Å². The summed E-state index contributed by atoms with van der Waals surface area (Å²) in [6.07, 6.45) is 4.37. The largest absolute Gasteiger partial charge is 0.361 e. The maximum absolute atomic E-state index is 13.9. The Morgan fingerprint density at radius 1 is 1.26 bits per heavy atom. The number of H-pyrrole nitrogens is 1. The van der Waals surface area contributed by atoms with Crippen molar-refractivity contribution in [2.75, 3.05) is 11.9 Å². The van der Waals surface area contributed by atoms with E-state index in [9.17, 15) is 18.0 Å². The Balaban J connectivity index is 1.62. The molecule has 1 saturated carbocycles. The molecule has 3 aromatic rings. The van der Waals surface area contributed by atoms with Crippen molar-refractivity contribution in [3.63, 3.8) is 0 Å². The van der Waals surface area contributed by atoms with Crippen LogP contribution in [0.2, 0.25) is 0 Å². The van der Waals surface area contributed by atoms with Crippen LogP contribution in [0.1, 0.15) is 42.9 Å². The third-order valence-corrected chi connectivity index (χ3v) is 6.02. The van der Waals surface area contributed by atoms with Gasteiger partial charge in [0.15, 0.2) is 0 Å². The molecule has 5 nitrogen and oxygen atoms in total. The van der Waals surface area contributed by atoms with Crippen LogP contribution in [0.4, 0.5) is 18.9 Å². The smallest absolute Gasteiger partial charge is 0.248 e. The Kier molecular flexibility index (Phi) is 5.64. The van der Waals surface area contributed by atoms with E-state index >= 15 is 0 Å². The summed E-state index contributed by atoms with van der Waals surface area (Å²) in [5.74, 6) is -3.59. The van der Waals surface area contributed by atoms with Crippen molar-refractivity contribution in [2.45, 2.75) is 50.6 Å². The summed E-state index contributed by atoms with van der Waals surface area (Å²) in [5.41, 5.74) is 3.19. The number of hydrogen-bond acceptors (Lipinski definition) is 3. The number of anilines is 1. The number of rotatable bonds is 5. The number of hydrogen-bond donors (Lipinski definition) is 2. The number of amides is 1. The van der Waals surface area contributed by atoms with Gasteiger partial charge in [0.2, 0.25) is 11.8 Å². The summed E-state index contributed by atoms with van der Waals surface area (Å²) in [6.45, 7) is 2.00. The van der Waals surface area contributed by atoms with Crippen molar-refractivity contribution in [2.24, 2.45) is 0 Å². The molecule has 1 atom stereocenters. The first-order valence-electron chi connectivity index (χ1n) is 10.3. The first-order valence-corrected chi connectivity index (χ1v) is 10.3. The molecule has 0 spiro atoms. The minimum absolute atomic E-state index is 0.213. The van der Waals surface area contributed by atoms with Crippen molar-refractivity contribution in [1.82, 2.24) is 15.3 Å². The van der Waals surface area contributed by atoms with Crippen molar-refractivity contribution in [1.29, 1.82) is 0 Å². The number of pyridine rings is 1. The summed E-state index contributed by atoms with van der Waals surface area (Å²) in [4.78, 5) is 22.1. The first kappa shape index (κ1) is 21.2. The highest BCUT2D eigenvalue weighted by molar-refractivity contribution is 5.89. The van der Waals surface area contributed by atoms with Crippen molar-refractivity contribution in [3.8, 4) is 0 Å². The molecule has 2 aromatic heterocycles. The lowest BCUT2D eigenvalue weighted by Gasteiger charge is -2.33. The van der Waals surface area contributed by atoms with E-state index in [0.717, 1.165) is 28.4 Å². The maximum atomic E-state index is 13.9. The molecule has 1 aromatic carbocycles. The van der Waals surface area contributed by atoms with Crippen LogP contribution < -0.4 is 10.2 Å². The molecule has 0 radical (unpaired) electrons. The quantitative estimate of drug-likeness (QED) is 0.606. The fraction of sp³-hybridized carbons (Fsp3) is 0.391. The molecule has 31 heavy (non-hydrogen) atoms. The molecular formula is C23H25F3N4O. The molecule has 1 unspecified atom stereocenters. The number of nitrogens with zero attached hydrogens (tertiary/aromatic N) is 2. The second-order valence-corrected chi connectivity index (χ2v) is 8.29. The number of nitrogens with one attached hydrogen (secondary N) is 2. The average Bonchev–Trinajstić information content (AvgIpc) is 3.10. The highest BCUT2D eigenvalue weighted by Gasteiger charge is 2.36. The van der Waals surface area contributed by atoms with Gasteiger partial charge in [-0.2, -0.15) is 0 Å². The van der Waals surface area contributed by atoms with Crippen LogP contribution in [0.15, 0.2) is 42.9 Å². The number of benzene rings is 1. The predicted octanol–water partition coefficient (Wildman–Crippen LogP) is 4.88. The van der Waals surface area contributed by atoms with Gasteiger partial charge >= 0.3 is 0 Å². The molecule has 1 fully saturated rings. The Morgan fingerprint density at radius 2 is 2.00 bits per heavy atom. The Labute approximate surface area is 178 Å². The van der Waals surface area contributed by atoms with Crippen LogP contribution in [0, 0.1) is 12.7 Å². The average molecular weight is 430 g/mol. The van der Waals surface area contributed by atoms with Gasteiger partial charge in [-0.25, -0.2) is 13.2 Å². The van der Waals surface area contributed by atoms with E-state index in [1.807, 2.05) is 31.3 Å². The van der Waals surface area contributed by atoms with Crippen LogP contribution in [-0.4, -0.2) is 34.9 Å². The van der Waals surface area contributed by atoms with Crippen LogP contribution >= 0.6 is 0 Å². The second kappa shape index (κ2) is 8.24. The molecule has 0 saturated heterocycles. The monoisotopic (exact) mass is 430 g/mol. The third-order valence-electron chi connectivity index (χ3n) is 6.02. The topological polar surface area (TPSA) is 61.0 Å². The number of fused-ring (bicyclic) bond motifs is 1. The molecule has 1 aliphatic rings. The van der Waals surface area contributed by atoms with E-state index in [1.54, 1.807) is 11.9 Å². The minimum atomic E-state index is -2.67. The Morgan fingerprint density at radius 3 is 2.71 bits per heavy atom. The zero-order valence-corrected chi connectivity index (χ0v) is 17.5. The number of carbonyl (C=O) groups is 1. The van der Waals surface area contributed by atoms with Crippen molar-refractivity contribution >= 4 is 22.5 Å². The zero-order valence-electron chi connectivity index (χ0n) is 17.5. The van der Waals surface area contributed by atoms with E-state index in [4.69, 9.17) is 0 Å². The van der Waals surface area contributed by atoms with E-state index in [2.05, 4.69) is 15.3 Å². The lowest BCUT2D eigenvalue weighted by atomic mass is 9.92. The highest BCUT2D eigenvalue weighted by atomic mass is 19.3. The predicted molar refractivity (Wildman–Crippen MR) is 114 cm³/mol. The summed E-state index contributed by atoms with van der Waals surface area (Å²) < 4.78 is 40.9. The highest BCUT2D eigenvalue weighted by Crippen LogP contribution is 2.34. The first-order chi connectivity index (χ1) is 14.7. The van der Waals surface area contributed by atoms with Gasteiger partial charge in [0, 0.05) is 60.5 Å². The molecule has 2 heterocycles. The SMILES string of the molecule is Cc1c[nH]c2cc(N(C)C(C(=O)NC3CCC(F)(F)CC3)c3cncc(F)c3)ccc12. The van der Waals surface area contributed by atoms with Gasteiger partial charge in [-0.1, -0.05) is 6.07 Å². The molecule has 0 aliphatic heterocycles. The fourth-order valence-corrected chi connectivity index (χ4v) is 4.22. The fourth-order valence-electron chi connectivity index (χ4n) is 4.22. The van der Waals surface area contributed by atoms with Crippen molar-refractivity contribution in [3.05, 3.63) is 59.8 Å². The summed E-state index contributed by atoms with van der Waals surface area (Å²) >= 11 is 0. The number of aromatic nitrogens is 2. The molecule has 4 rings (SSSR count). The standard InChI is InChI=1S/C23H25F3N4O/c1-14-11-28-20-10-18(3-4-19(14)20)30(2)21(15-9-16(24)13-27-12-15)22(31)29-17-5-7-23(25,26)8-6-17/h3-4,9-13,17,21,28H,5-8H2,1-2H3,(H,29,31). The number of carbonyl (C=O) groups excluding carboxylic acids is 1. The van der Waals surface area contributed by atoms with Gasteiger partial charge in [-0.15, -0.1) is 0 Å². The molecule has 2 N–H and O–H groups in total. The molecule has 164 valence electrons. The number of likely N-dealkylation sites (N-methyl/N-ethyl adjacent to an activating group) is 1. The second-order valence-electron chi connectivity index (χ2n) is 8.29. The molecular weight excluding hydrogens is 405 g/mol. The number of aryl methyl sites for hydroxylation is 1. The normalized spacial score (nSPS) is 17.5. The number of halogens is 3. The summed E-state index contributed by atoms with van der Waals surface area (Å²) in [5, 5.41) is 3.97. The van der Waals surface area contributed by atoms with Crippen LogP contribution in [0.5, 0.6) is 0 Å². The summed E-state index contributed by atoms with van der Waals surface area (Å²) in [6, 6.07) is 5.88. The van der Waals surface area contributed by atoms with Gasteiger partial charge in [-0.05, 0) is 43.5 Å². The van der Waals surface area contributed by atoms with Gasteiger partial charge < -0.3 is 15.2 Å². The van der Waals surface area contributed by atoms with Gasteiger partial charge in [0.05, 0.1) is 6.20 Å². The zero-order chi connectivity index (χ0) is 22.2. The number of aromatic amines is 1. The molecule has 1 amide bonds. The lowest BCUT2D eigenvalue weighted by Crippen LogP contribution is -2.46. The Bertz CT molecular complexity index is 1090. The number of alkyl halides is 2. The van der Waals surface area contributed by atoms with Gasteiger partial charge in [0.25, 0.3) is 0 Å². The minimum Gasteiger partial charge on any atom is -0.361 e. The van der Waals surface area contributed by atoms with Crippen molar-refractivity contribution < 1.29 is 18.0 Å². The Hall–Kier alpha value is -3.03. The van der Waals surface area contributed by atoms with E-state index in [-0.39, 0.29) is 37.6 Å². The van der Waals surface area contributed by atoms with E-state index in [0.29, 0.717) is 5.56 Å². The van der Waals surface area contributed by atoms with Gasteiger partial charge in [-0.3, -0.25) is 9.78 Å². The molecule has 8 heteroatoms. The molecule has 1 aliphatic carbocycles. The van der Waals surface area contributed by atoms with E-state index < -0.39 is 17.8 Å². The summed E-state index contributed by atoms with van der Waals surface area (Å²) in [7, 11) is 1.75. The molecule has 0 bridgehead atoms. The third kappa shape index (κ3) is 4.52. The van der Waals surface area contributed by atoms with Crippen LogP contribution in [-0.2, 0) is 4.79 Å². The lowest BCUT2D eigenvalue weighted by molar-refractivity contribution is -0.124.